The zero-order valence-electron chi connectivity index (χ0n) is 16.1. The molecule has 1 atom stereocenters. The van der Waals surface area contributed by atoms with Gasteiger partial charge in [-0.25, -0.2) is 18.0 Å². The number of sulfonamides is 1. The number of urea groups is 1. The van der Waals surface area contributed by atoms with E-state index in [0.717, 1.165) is 0 Å². The molecule has 1 aromatic carbocycles. The number of benzene rings is 1. The van der Waals surface area contributed by atoms with Crippen molar-refractivity contribution in [3.8, 4) is 0 Å². The lowest BCUT2D eigenvalue weighted by molar-refractivity contribution is -0.143. The molecule has 0 unspecified atom stereocenters. The third-order valence-electron chi connectivity index (χ3n) is 4.19. The summed E-state index contributed by atoms with van der Waals surface area (Å²) in [6, 6.07) is 5.48. The summed E-state index contributed by atoms with van der Waals surface area (Å²) in [6.07, 6.45) is -0.316. The van der Waals surface area contributed by atoms with Crippen molar-refractivity contribution in [1.29, 1.82) is 0 Å². The molecule has 2 rings (SSSR count). The molecule has 2 N–H and O–H groups in total. The number of nitrogens with zero attached hydrogens (tertiary/aromatic N) is 1. The van der Waals surface area contributed by atoms with Gasteiger partial charge in [-0.2, -0.15) is 0 Å². The highest BCUT2D eigenvalue weighted by molar-refractivity contribution is 7.92. The molecule has 1 aliphatic rings. The van der Waals surface area contributed by atoms with Crippen molar-refractivity contribution in [3.05, 3.63) is 41.1 Å². The van der Waals surface area contributed by atoms with E-state index < -0.39 is 22.0 Å². The molecule has 1 aliphatic heterocycles. The Morgan fingerprint density at radius 3 is 2.63 bits per heavy atom. The number of nitrogens with one attached hydrogen (secondary N) is 2. The summed E-state index contributed by atoms with van der Waals surface area (Å²) in [5.41, 5.74) is 1.72. The standard InChI is InChI=1S/C18H25N3O5S/c1-6-27(24,25)20-14-9-7-8-13(10-14)16-15(17(22)26-11(2)3)12(4)21(5)18(23)19-16/h7-11,16,20H,6H2,1-5H3,(H,19,23)/t16-/m1/s1. The maximum atomic E-state index is 12.6. The summed E-state index contributed by atoms with van der Waals surface area (Å²) in [6.45, 7) is 6.70. The molecule has 27 heavy (non-hydrogen) atoms. The summed E-state index contributed by atoms with van der Waals surface area (Å²) in [5.74, 6) is -0.591. The minimum absolute atomic E-state index is 0.0623. The number of carbonyl (C=O) groups is 2. The van der Waals surface area contributed by atoms with Gasteiger partial charge >= 0.3 is 12.0 Å². The molecule has 0 aromatic heterocycles. The van der Waals surface area contributed by atoms with Gasteiger partial charge in [0.2, 0.25) is 10.0 Å². The molecule has 0 radical (unpaired) electrons. The molecule has 1 heterocycles. The number of carbonyl (C=O) groups excluding carboxylic acids is 2. The first kappa shape index (κ1) is 20.8. The zero-order chi connectivity index (χ0) is 20.4. The number of ether oxygens (including phenoxy) is 1. The van der Waals surface area contributed by atoms with Gasteiger partial charge in [0.1, 0.15) is 0 Å². The van der Waals surface area contributed by atoms with E-state index in [2.05, 4.69) is 10.0 Å². The average Bonchev–Trinajstić information content (AvgIpc) is 2.58. The highest BCUT2D eigenvalue weighted by Crippen LogP contribution is 2.32. The van der Waals surface area contributed by atoms with Crippen molar-refractivity contribution in [1.82, 2.24) is 10.2 Å². The van der Waals surface area contributed by atoms with Crippen molar-refractivity contribution < 1.29 is 22.7 Å². The Balaban J connectivity index is 2.48. The SMILES string of the molecule is CCS(=O)(=O)Nc1cccc([C@H]2NC(=O)N(C)C(C)=C2C(=O)OC(C)C)c1. The van der Waals surface area contributed by atoms with Gasteiger partial charge in [-0.1, -0.05) is 12.1 Å². The molecule has 0 saturated carbocycles. The molecular weight excluding hydrogens is 370 g/mol. The Morgan fingerprint density at radius 1 is 1.37 bits per heavy atom. The first-order chi connectivity index (χ1) is 12.6. The van der Waals surface area contributed by atoms with E-state index in [9.17, 15) is 18.0 Å². The van der Waals surface area contributed by atoms with Crippen LogP contribution in [0, 0.1) is 0 Å². The Kier molecular flexibility index (Phi) is 6.15. The van der Waals surface area contributed by atoms with E-state index in [1.165, 1.54) is 11.8 Å². The van der Waals surface area contributed by atoms with Crippen LogP contribution >= 0.6 is 0 Å². The quantitative estimate of drug-likeness (QED) is 0.720. The van der Waals surface area contributed by atoms with Gasteiger partial charge in [-0.15, -0.1) is 0 Å². The lowest BCUT2D eigenvalue weighted by Gasteiger charge is -2.33. The van der Waals surface area contributed by atoms with Crippen LogP contribution in [0.3, 0.4) is 0 Å². The van der Waals surface area contributed by atoms with Gasteiger partial charge in [-0.3, -0.25) is 4.72 Å². The summed E-state index contributed by atoms with van der Waals surface area (Å²) < 4.78 is 31.5. The maximum Gasteiger partial charge on any atom is 0.338 e. The van der Waals surface area contributed by atoms with E-state index >= 15 is 0 Å². The van der Waals surface area contributed by atoms with Crippen LogP contribution in [0.1, 0.15) is 39.3 Å². The largest absolute Gasteiger partial charge is 0.459 e. The fraction of sp³-hybridized carbons (Fsp3) is 0.444. The molecule has 0 fully saturated rings. The van der Waals surface area contributed by atoms with E-state index in [1.54, 1.807) is 52.1 Å². The molecule has 2 amide bonds. The van der Waals surface area contributed by atoms with Crippen LogP contribution in [-0.4, -0.2) is 44.2 Å². The second-order valence-corrected chi connectivity index (χ2v) is 8.54. The summed E-state index contributed by atoms with van der Waals surface area (Å²) in [4.78, 5) is 26.2. The highest BCUT2D eigenvalue weighted by atomic mass is 32.2. The Labute approximate surface area is 159 Å². The van der Waals surface area contributed by atoms with Crippen molar-refractivity contribution in [2.75, 3.05) is 17.5 Å². The molecule has 8 nitrogen and oxygen atoms in total. The molecule has 0 bridgehead atoms. The van der Waals surface area contributed by atoms with E-state index in [1.807, 2.05) is 0 Å². The van der Waals surface area contributed by atoms with Gasteiger partial charge in [0.25, 0.3) is 0 Å². The third kappa shape index (κ3) is 4.79. The average molecular weight is 395 g/mol. The number of esters is 1. The third-order valence-corrected chi connectivity index (χ3v) is 5.50. The molecule has 0 aliphatic carbocycles. The van der Waals surface area contributed by atoms with Gasteiger partial charge in [0.05, 0.1) is 23.5 Å². The van der Waals surface area contributed by atoms with Crippen LogP contribution in [0.2, 0.25) is 0 Å². The molecule has 9 heteroatoms. The van der Waals surface area contributed by atoms with Crippen LogP contribution in [0.25, 0.3) is 0 Å². The van der Waals surface area contributed by atoms with Gasteiger partial charge < -0.3 is 15.0 Å². The van der Waals surface area contributed by atoms with Crippen LogP contribution < -0.4 is 10.0 Å². The second kappa shape index (κ2) is 7.99. The highest BCUT2D eigenvalue weighted by Gasteiger charge is 2.35. The fourth-order valence-electron chi connectivity index (χ4n) is 2.66. The minimum Gasteiger partial charge on any atom is -0.459 e. The number of amides is 2. The summed E-state index contributed by atoms with van der Waals surface area (Å²) in [7, 11) is -1.88. The number of anilines is 1. The monoisotopic (exact) mass is 395 g/mol. The number of hydrogen-bond donors (Lipinski definition) is 2. The maximum absolute atomic E-state index is 12.6. The summed E-state index contributed by atoms with van der Waals surface area (Å²) >= 11 is 0. The van der Waals surface area contributed by atoms with Crippen LogP contribution in [0.5, 0.6) is 0 Å². The molecule has 0 saturated heterocycles. The molecular formula is C18H25N3O5S. The lowest BCUT2D eigenvalue weighted by atomic mass is 9.94. The molecule has 0 spiro atoms. The van der Waals surface area contributed by atoms with Crippen molar-refractivity contribution in [2.45, 2.75) is 39.8 Å². The predicted octanol–water partition coefficient (Wildman–Crippen LogP) is 2.37. The predicted molar refractivity (Wildman–Crippen MR) is 102 cm³/mol. The molecule has 1 aromatic rings. The number of rotatable bonds is 6. The van der Waals surface area contributed by atoms with E-state index in [0.29, 0.717) is 22.5 Å². The van der Waals surface area contributed by atoms with Crippen LogP contribution in [0.15, 0.2) is 35.5 Å². The van der Waals surface area contributed by atoms with Crippen LogP contribution in [-0.2, 0) is 19.6 Å². The smallest absolute Gasteiger partial charge is 0.338 e. The first-order valence-electron chi connectivity index (χ1n) is 8.62. The second-order valence-electron chi connectivity index (χ2n) is 6.53. The van der Waals surface area contributed by atoms with Gasteiger partial charge in [-0.05, 0) is 45.4 Å². The van der Waals surface area contributed by atoms with E-state index in [4.69, 9.17) is 4.74 Å². The van der Waals surface area contributed by atoms with Gasteiger partial charge in [0, 0.05) is 18.4 Å². The van der Waals surface area contributed by atoms with Crippen molar-refractivity contribution in [2.24, 2.45) is 0 Å². The Hall–Kier alpha value is -2.55. The van der Waals surface area contributed by atoms with Crippen molar-refractivity contribution in [3.63, 3.8) is 0 Å². The lowest BCUT2D eigenvalue weighted by Crippen LogP contribution is -2.46. The molecule has 148 valence electrons. The number of hydrogen-bond acceptors (Lipinski definition) is 5. The van der Waals surface area contributed by atoms with Crippen LogP contribution in [0.4, 0.5) is 10.5 Å². The normalized spacial score (nSPS) is 17.8. The topological polar surface area (TPSA) is 105 Å². The Bertz CT molecular complexity index is 877. The fourth-order valence-corrected chi connectivity index (χ4v) is 3.29. The first-order valence-corrected chi connectivity index (χ1v) is 10.3. The van der Waals surface area contributed by atoms with Gasteiger partial charge in [0.15, 0.2) is 0 Å². The van der Waals surface area contributed by atoms with Crippen molar-refractivity contribution >= 4 is 27.7 Å². The minimum atomic E-state index is -3.45. The number of allylic oxidation sites excluding steroid dienone is 1. The van der Waals surface area contributed by atoms with E-state index in [-0.39, 0.29) is 17.9 Å². The zero-order valence-corrected chi connectivity index (χ0v) is 16.9. The summed E-state index contributed by atoms with van der Waals surface area (Å²) in [5, 5.41) is 2.77. The Morgan fingerprint density at radius 2 is 2.04 bits per heavy atom.